The lowest BCUT2D eigenvalue weighted by atomic mass is 9.91. The van der Waals surface area contributed by atoms with Crippen LogP contribution in [0, 0.1) is 0 Å². The smallest absolute Gasteiger partial charge is 0.295 e. The van der Waals surface area contributed by atoms with Crippen molar-refractivity contribution < 1.29 is 19.4 Å². The molecule has 1 saturated heterocycles. The summed E-state index contributed by atoms with van der Waals surface area (Å²) in [6.07, 6.45) is 3.94. The van der Waals surface area contributed by atoms with Crippen LogP contribution in [0.1, 0.15) is 56.7 Å². The number of aliphatic hydroxyl groups excluding tert-OH is 1. The zero-order valence-corrected chi connectivity index (χ0v) is 19.8. The fourth-order valence-electron chi connectivity index (χ4n) is 4.57. The van der Waals surface area contributed by atoms with Crippen LogP contribution >= 0.6 is 0 Å². The Balaban J connectivity index is 1.76. The minimum atomic E-state index is -0.649. The molecule has 34 heavy (non-hydrogen) atoms. The summed E-state index contributed by atoms with van der Waals surface area (Å²) < 4.78 is 5.77. The van der Waals surface area contributed by atoms with Crippen molar-refractivity contribution in [2.75, 3.05) is 13.2 Å². The Hall–Kier alpha value is -3.60. The van der Waals surface area contributed by atoms with Crippen LogP contribution in [0.2, 0.25) is 0 Å². The number of rotatable bonds is 9. The van der Waals surface area contributed by atoms with Gasteiger partial charge in [-0.05, 0) is 53.4 Å². The molecule has 0 aromatic heterocycles. The van der Waals surface area contributed by atoms with Gasteiger partial charge in [-0.15, -0.1) is 0 Å². The summed E-state index contributed by atoms with van der Waals surface area (Å²) in [5.74, 6) is -0.668. The van der Waals surface area contributed by atoms with Crippen molar-refractivity contribution in [2.24, 2.45) is 0 Å². The molecule has 1 amide bonds. The molecule has 1 N–H and O–H groups in total. The minimum absolute atomic E-state index is 0.131. The first-order valence-corrected chi connectivity index (χ1v) is 12.1. The maximum absolute atomic E-state index is 13.2. The molecule has 0 spiro atoms. The molecule has 5 nitrogen and oxygen atoms in total. The summed E-state index contributed by atoms with van der Waals surface area (Å²) in [6, 6.07) is 20.2. The van der Waals surface area contributed by atoms with Gasteiger partial charge in [-0.3, -0.25) is 9.59 Å². The highest BCUT2D eigenvalue weighted by Crippen LogP contribution is 2.42. The van der Waals surface area contributed by atoms with E-state index in [0.717, 1.165) is 35.6 Å². The maximum atomic E-state index is 13.2. The van der Waals surface area contributed by atoms with Crippen molar-refractivity contribution in [3.8, 4) is 5.75 Å². The average molecular weight is 458 g/mol. The number of carbonyl (C=O) groups is 2. The molecular formula is C29H31NO4. The molecule has 1 aliphatic heterocycles. The Morgan fingerprint density at radius 3 is 2.38 bits per heavy atom. The van der Waals surface area contributed by atoms with E-state index in [1.54, 1.807) is 29.2 Å². The van der Waals surface area contributed by atoms with Crippen molar-refractivity contribution in [1.29, 1.82) is 0 Å². The van der Waals surface area contributed by atoms with Gasteiger partial charge < -0.3 is 14.7 Å². The predicted octanol–water partition coefficient (Wildman–Crippen LogP) is 6.24. The molecular weight excluding hydrogens is 426 g/mol. The van der Waals surface area contributed by atoms with Crippen LogP contribution in [0.4, 0.5) is 0 Å². The topological polar surface area (TPSA) is 66.8 Å². The number of nitrogens with zero attached hydrogens (tertiary/aromatic N) is 1. The van der Waals surface area contributed by atoms with Crippen LogP contribution < -0.4 is 4.74 Å². The average Bonchev–Trinajstić information content (AvgIpc) is 3.11. The van der Waals surface area contributed by atoms with E-state index in [9.17, 15) is 14.7 Å². The van der Waals surface area contributed by atoms with Gasteiger partial charge in [0.25, 0.3) is 11.7 Å². The maximum Gasteiger partial charge on any atom is 0.295 e. The molecule has 3 aromatic carbocycles. The van der Waals surface area contributed by atoms with Gasteiger partial charge in [0.1, 0.15) is 11.5 Å². The SMILES string of the molecule is CCCCCOc1ccc(/C(O)=C2/C(=O)C(=O)N(CCC)C2c2cccc3ccccc23)cc1. The Bertz CT molecular complexity index is 1210. The summed E-state index contributed by atoms with van der Waals surface area (Å²) in [4.78, 5) is 27.7. The van der Waals surface area contributed by atoms with Crippen LogP contribution in [-0.2, 0) is 9.59 Å². The fourth-order valence-corrected chi connectivity index (χ4v) is 4.57. The summed E-state index contributed by atoms with van der Waals surface area (Å²) in [5, 5.41) is 13.3. The summed E-state index contributed by atoms with van der Waals surface area (Å²) in [5.41, 5.74) is 1.45. The van der Waals surface area contributed by atoms with E-state index in [0.29, 0.717) is 30.9 Å². The number of Topliss-reactive ketones (excluding diaryl/α,β-unsaturated/α-hetero) is 1. The lowest BCUT2D eigenvalue weighted by molar-refractivity contribution is -0.139. The van der Waals surface area contributed by atoms with Gasteiger partial charge in [0, 0.05) is 12.1 Å². The Kier molecular flexibility index (Phi) is 7.31. The number of likely N-dealkylation sites (tertiary alicyclic amines) is 1. The van der Waals surface area contributed by atoms with Gasteiger partial charge in [-0.1, -0.05) is 69.2 Å². The molecule has 0 radical (unpaired) electrons. The van der Waals surface area contributed by atoms with Crippen LogP contribution in [0.5, 0.6) is 5.75 Å². The number of ether oxygens (including phenoxy) is 1. The first kappa shape index (κ1) is 23.6. The van der Waals surface area contributed by atoms with Crippen molar-refractivity contribution >= 4 is 28.2 Å². The van der Waals surface area contributed by atoms with E-state index in [4.69, 9.17) is 4.74 Å². The number of benzene rings is 3. The Labute approximate surface area is 200 Å². The van der Waals surface area contributed by atoms with E-state index >= 15 is 0 Å². The van der Waals surface area contributed by atoms with Crippen LogP contribution in [0.25, 0.3) is 16.5 Å². The Morgan fingerprint density at radius 1 is 0.912 bits per heavy atom. The third-order valence-electron chi connectivity index (χ3n) is 6.27. The highest BCUT2D eigenvalue weighted by atomic mass is 16.5. The number of amides is 1. The van der Waals surface area contributed by atoms with Gasteiger partial charge in [-0.2, -0.15) is 0 Å². The second-order valence-electron chi connectivity index (χ2n) is 8.64. The number of ketones is 1. The van der Waals surface area contributed by atoms with Crippen LogP contribution in [-0.4, -0.2) is 34.8 Å². The van der Waals surface area contributed by atoms with E-state index in [1.807, 2.05) is 49.4 Å². The molecule has 1 unspecified atom stereocenters. The van der Waals surface area contributed by atoms with E-state index in [1.165, 1.54) is 0 Å². The van der Waals surface area contributed by atoms with Crippen molar-refractivity contribution in [3.63, 3.8) is 0 Å². The molecule has 5 heteroatoms. The Morgan fingerprint density at radius 2 is 1.65 bits per heavy atom. The number of aliphatic hydroxyl groups is 1. The highest BCUT2D eigenvalue weighted by molar-refractivity contribution is 6.46. The van der Waals surface area contributed by atoms with Crippen molar-refractivity contribution in [3.05, 3.63) is 83.4 Å². The van der Waals surface area contributed by atoms with Crippen LogP contribution in [0.15, 0.2) is 72.3 Å². The van der Waals surface area contributed by atoms with E-state index < -0.39 is 17.7 Å². The van der Waals surface area contributed by atoms with Gasteiger partial charge in [0.15, 0.2) is 0 Å². The second kappa shape index (κ2) is 10.6. The zero-order valence-electron chi connectivity index (χ0n) is 19.8. The van der Waals surface area contributed by atoms with E-state index in [2.05, 4.69) is 6.92 Å². The number of unbranched alkanes of at least 4 members (excludes halogenated alkanes) is 2. The standard InChI is InChI=1S/C29H31NO4/c1-3-5-8-19-34-22-16-14-21(15-17-22)27(31)25-26(30(18-4-2)29(33)28(25)32)24-13-9-11-20-10-6-7-12-23(20)24/h6-7,9-17,26,31H,3-5,8,18-19H2,1-2H3/b27-25-. The normalized spacial score (nSPS) is 17.5. The van der Waals surface area contributed by atoms with Gasteiger partial charge >= 0.3 is 0 Å². The number of fused-ring (bicyclic) bond motifs is 1. The first-order chi connectivity index (χ1) is 16.6. The quantitative estimate of drug-likeness (QED) is 0.179. The molecule has 176 valence electrons. The van der Waals surface area contributed by atoms with Crippen molar-refractivity contribution in [1.82, 2.24) is 4.90 Å². The lowest BCUT2D eigenvalue weighted by Crippen LogP contribution is -2.30. The van der Waals surface area contributed by atoms with Gasteiger partial charge in [0.05, 0.1) is 18.2 Å². The minimum Gasteiger partial charge on any atom is -0.507 e. The lowest BCUT2D eigenvalue weighted by Gasteiger charge is -2.26. The molecule has 1 aliphatic rings. The summed E-state index contributed by atoms with van der Waals surface area (Å²) >= 11 is 0. The van der Waals surface area contributed by atoms with Gasteiger partial charge in [-0.25, -0.2) is 0 Å². The molecule has 0 bridgehead atoms. The molecule has 0 saturated carbocycles. The number of carbonyl (C=O) groups excluding carboxylic acids is 2. The third-order valence-corrected chi connectivity index (χ3v) is 6.27. The molecule has 0 aliphatic carbocycles. The van der Waals surface area contributed by atoms with Crippen LogP contribution in [0.3, 0.4) is 0 Å². The van der Waals surface area contributed by atoms with Gasteiger partial charge in [0.2, 0.25) is 0 Å². The first-order valence-electron chi connectivity index (χ1n) is 12.1. The largest absolute Gasteiger partial charge is 0.507 e. The molecule has 1 atom stereocenters. The second-order valence-corrected chi connectivity index (χ2v) is 8.64. The third kappa shape index (κ3) is 4.56. The number of hydrogen-bond acceptors (Lipinski definition) is 4. The fraction of sp³-hybridized carbons (Fsp3) is 0.310. The van der Waals surface area contributed by atoms with Crippen molar-refractivity contribution in [2.45, 2.75) is 45.6 Å². The molecule has 1 heterocycles. The molecule has 1 fully saturated rings. The van der Waals surface area contributed by atoms with E-state index in [-0.39, 0.29) is 11.3 Å². The predicted molar refractivity (Wildman–Crippen MR) is 135 cm³/mol. The summed E-state index contributed by atoms with van der Waals surface area (Å²) in [6.45, 7) is 5.19. The highest BCUT2D eigenvalue weighted by Gasteiger charge is 2.46. The monoisotopic (exact) mass is 457 g/mol. The molecule has 4 rings (SSSR count). The summed E-state index contributed by atoms with van der Waals surface area (Å²) in [7, 11) is 0. The molecule has 3 aromatic rings. The number of hydrogen-bond donors (Lipinski definition) is 1. The zero-order chi connectivity index (χ0) is 24.1.